The molecule has 2 atom stereocenters. The molecule has 2 aliphatic heterocycles. The van der Waals surface area contributed by atoms with Gasteiger partial charge in [-0.2, -0.15) is 17.0 Å². The third kappa shape index (κ3) is 1.99. The highest BCUT2D eigenvalue weighted by atomic mass is 32.2. The first-order valence-corrected chi connectivity index (χ1v) is 7.47. The van der Waals surface area contributed by atoms with Crippen LogP contribution in [-0.2, 0) is 10.2 Å². The molecular weight excluding hydrogens is 226 g/mol. The van der Waals surface area contributed by atoms with Gasteiger partial charge >= 0.3 is 0 Å². The fraction of sp³-hybridized carbons (Fsp3) is 1.00. The van der Waals surface area contributed by atoms with E-state index in [0.29, 0.717) is 38.1 Å². The summed E-state index contributed by atoms with van der Waals surface area (Å²) in [5, 5.41) is 3.37. The van der Waals surface area contributed by atoms with E-state index in [9.17, 15) is 8.42 Å². The molecule has 0 radical (unpaired) electrons. The SMILES string of the molecule is CCN(CC)S(=O)(=O)N1CC2CCNC2C1. The second-order valence-electron chi connectivity index (χ2n) is 4.52. The lowest BCUT2D eigenvalue weighted by Gasteiger charge is -2.25. The molecule has 6 heteroatoms. The molecule has 94 valence electrons. The van der Waals surface area contributed by atoms with Crippen LogP contribution >= 0.6 is 0 Å². The van der Waals surface area contributed by atoms with Crippen LogP contribution in [0.5, 0.6) is 0 Å². The van der Waals surface area contributed by atoms with Crippen molar-refractivity contribution in [3.05, 3.63) is 0 Å². The quantitative estimate of drug-likeness (QED) is 0.753. The molecule has 0 amide bonds. The molecular formula is C10H21N3O2S. The van der Waals surface area contributed by atoms with Crippen molar-refractivity contribution in [2.75, 3.05) is 32.7 Å². The van der Waals surface area contributed by atoms with E-state index in [1.54, 1.807) is 4.31 Å². The van der Waals surface area contributed by atoms with Crippen molar-refractivity contribution in [3.63, 3.8) is 0 Å². The van der Waals surface area contributed by atoms with Crippen LogP contribution in [0.2, 0.25) is 0 Å². The van der Waals surface area contributed by atoms with E-state index in [1.165, 1.54) is 4.31 Å². The number of nitrogens with zero attached hydrogens (tertiary/aromatic N) is 2. The van der Waals surface area contributed by atoms with Crippen LogP contribution in [0.15, 0.2) is 0 Å². The molecule has 0 aromatic carbocycles. The monoisotopic (exact) mass is 247 g/mol. The summed E-state index contributed by atoms with van der Waals surface area (Å²) in [5.74, 6) is 0.519. The van der Waals surface area contributed by atoms with E-state index < -0.39 is 10.2 Å². The van der Waals surface area contributed by atoms with Crippen LogP contribution in [-0.4, -0.2) is 55.8 Å². The van der Waals surface area contributed by atoms with Crippen molar-refractivity contribution in [1.29, 1.82) is 0 Å². The minimum absolute atomic E-state index is 0.380. The van der Waals surface area contributed by atoms with Crippen molar-refractivity contribution in [3.8, 4) is 0 Å². The maximum Gasteiger partial charge on any atom is 0.282 e. The first kappa shape index (κ1) is 12.3. The largest absolute Gasteiger partial charge is 0.312 e. The zero-order valence-corrected chi connectivity index (χ0v) is 10.8. The first-order chi connectivity index (χ1) is 7.59. The van der Waals surface area contributed by atoms with Gasteiger partial charge in [-0.05, 0) is 18.9 Å². The Morgan fingerprint density at radius 3 is 2.56 bits per heavy atom. The van der Waals surface area contributed by atoms with Crippen molar-refractivity contribution in [2.24, 2.45) is 5.92 Å². The van der Waals surface area contributed by atoms with Gasteiger partial charge in [-0.15, -0.1) is 0 Å². The van der Waals surface area contributed by atoms with Crippen LogP contribution in [0, 0.1) is 5.92 Å². The fourth-order valence-electron chi connectivity index (χ4n) is 2.71. The van der Waals surface area contributed by atoms with E-state index in [1.807, 2.05) is 13.8 Å². The molecule has 5 nitrogen and oxygen atoms in total. The predicted molar refractivity (Wildman–Crippen MR) is 63.3 cm³/mol. The number of hydrogen-bond donors (Lipinski definition) is 1. The van der Waals surface area contributed by atoms with Gasteiger partial charge in [0.2, 0.25) is 0 Å². The summed E-state index contributed by atoms with van der Waals surface area (Å²) in [4.78, 5) is 0. The third-order valence-electron chi connectivity index (χ3n) is 3.69. The zero-order valence-electron chi connectivity index (χ0n) is 10.0. The highest BCUT2D eigenvalue weighted by Gasteiger charge is 2.42. The molecule has 2 rings (SSSR count). The number of rotatable bonds is 4. The van der Waals surface area contributed by atoms with Crippen LogP contribution in [0.1, 0.15) is 20.3 Å². The van der Waals surface area contributed by atoms with Crippen LogP contribution in [0.25, 0.3) is 0 Å². The van der Waals surface area contributed by atoms with Crippen molar-refractivity contribution < 1.29 is 8.42 Å². The fourth-order valence-corrected chi connectivity index (χ4v) is 4.42. The minimum atomic E-state index is -3.22. The van der Waals surface area contributed by atoms with Crippen LogP contribution in [0.3, 0.4) is 0 Å². The Hall–Kier alpha value is -0.170. The van der Waals surface area contributed by atoms with Gasteiger partial charge in [-0.3, -0.25) is 0 Å². The normalized spacial score (nSPS) is 31.2. The van der Waals surface area contributed by atoms with Gasteiger partial charge in [-0.1, -0.05) is 13.8 Å². The lowest BCUT2D eigenvalue weighted by atomic mass is 10.1. The molecule has 0 aromatic heterocycles. The molecule has 2 aliphatic rings. The summed E-state index contributed by atoms with van der Waals surface area (Å²) in [6.07, 6.45) is 1.11. The molecule has 2 unspecified atom stereocenters. The number of hydrogen-bond acceptors (Lipinski definition) is 3. The van der Waals surface area contributed by atoms with Gasteiger partial charge in [0.1, 0.15) is 0 Å². The molecule has 2 saturated heterocycles. The summed E-state index contributed by atoms with van der Waals surface area (Å²) in [5.41, 5.74) is 0. The third-order valence-corrected chi connectivity index (χ3v) is 5.81. The van der Waals surface area contributed by atoms with Crippen molar-refractivity contribution in [2.45, 2.75) is 26.3 Å². The summed E-state index contributed by atoms with van der Waals surface area (Å²) < 4.78 is 27.7. The number of nitrogens with one attached hydrogen (secondary N) is 1. The van der Waals surface area contributed by atoms with Gasteiger partial charge < -0.3 is 5.32 Å². The molecule has 2 fully saturated rings. The lowest BCUT2D eigenvalue weighted by molar-refractivity contribution is 0.368. The molecule has 16 heavy (non-hydrogen) atoms. The summed E-state index contributed by atoms with van der Waals surface area (Å²) in [6, 6.07) is 0.380. The molecule has 0 bridgehead atoms. The number of fused-ring (bicyclic) bond motifs is 1. The second-order valence-corrected chi connectivity index (χ2v) is 6.45. The lowest BCUT2D eigenvalue weighted by Crippen LogP contribution is -2.44. The van der Waals surface area contributed by atoms with Crippen molar-refractivity contribution >= 4 is 10.2 Å². The Morgan fingerprint density at radius 2 is 2.00 bits per heavy atom. The molecule has 2 heterocycles. The van der Waals surface area contributed by atoms with E-state index >= 15 is 0 Å². The Bertz CT molecular complexity index is 328. The first-order valence-electron chi connectivity index (χ1n) is 6.08. The standard InChI is InChI=1S/C10H21N3O2S/c1-3-12(4-2)16(14,15)13-7-9-5-6-11-10(9)8-13/h9-11H,3-8H2,1-2H3. The average Bonchev–Trinajstić information content (AvgIpc) is 2.77. The summed E-state index contributed by atoms with van der Waals surface area (Å²) in [6.45, 7) is 7.25. The van der Waals surface area contributed by atoms with E-state index in [4.69, 9.17) is 0 Å². The van der Waals surface area contributed by atoms with Crippen molar-refractivity contribution in [1.82, 2.24) is 13.9 Å². The van der Waals surface area contributed by atoms with Gasteiger partial charge in [0.05, 0.1) is 0 Å². The van der Waals surface area contributed by atoms with E-state index in [0.717, 1.165) is 13.0 Å². The minimum Gasteiger partial charge on any atom is -0.312 e. The van der Waals surface area contributed by atoms with Gasteiger partial charge in [0, 0.05) is 32.2 Å². The predicted octanol–water partition coefficient (Wildman–Crippen LogP) is -0.133. The molecule has 0 spiro atoms. The average molecular weight is 247 g/mol. The topological polar surface area (TPSA) is 52.7 Å². The Morgan fingerprint density at radius 1 is 1.31 bits per heavy atom. The Kier molecular flexibility index (Phi) is 3.53. The maximum absolute atomic E-state index is 12.3. The van der Waals surface area contributed by atoms with Gasteiger partial charge in [-0.25, -0.2) is 0 Å². The van der Waals surface area contributed by atoms with E-state index in [-0.39, 0.29) is 0 Å². The van der Waals surface area contributed by atoms with E-state index in [2.05, 4.69) is 5.32 Å². The molecule has 0 aliphatic carbocycles. The Labute approximate surface area is 98.0 Å². The molecule has 0 aromatic rings. The summed E-state index contributed by atoms with van der Waals surface area (Å²) in [7, 11) is -3.22. The zero-order chi connectivity index (χ0) is 11.8. The second kappa shape index (κ2) is 4.60. The highest BCUT2D eigenvalue weighted by molar-refractivity contribution is 7.86. The van der Waals surface area contributed by atoms with Crippen LogP contribution < -0.4 is 5.32 Å². The van der Waals surface area contributed by atoms with Gasteiger partial charge in [0.15, 0.2) is 0 Å². The van der Waals surface area contributed by atoms with Gasteiger partial charge in [0.25, 0.3) is 10.2 Å². The molecule has 1 N–H and O–H groups in total. The summed E-state index contributed by atoms with van der Waals surface area (Å²) >= 11 is 0. The smallest absolute Gasteiger partial charge is 0.282 e. The maximum atomic E-state index is 12.3. The Balaban J connectivity index is 2.08. The van der Waals surface area contributed by atoms with Crippen LogP contribution in [0.4, 0.5) is 0 Å². The highest BCUT2D eigenvalue weighted by Crippen LogP contribution is 2.27. The molecule has 0 saturated carbocycles.